The van der Waals surface area contributed by atoms with Crippen LogP contribution in [0.25, 0.3) is 0 Å². The number of ether oxygens (including phenoxy) is 2. The van der Waals surface area contributed by atoms with Crippen LogP contribution in [0.5, 0.6) is 5.75 Å². The third-order valence-electron chi connectivity index (χ3n) is 2.03. The third kappa shape index (κ3) is 3.89. The van der Waals surface area contributed by atoms with Crippen molar-refractivity contribution in [2.75, 3.05) is 27.5 Å². The molecule has 0 amide bonds. The molecule has 1 rings (SSSR count). The fourth-order valence-electron chi connectivity index (χ4n) is 1.29. The van der Waals surface area contributed by atoms with E-state index in [1.54, 1.807) is 14.2 Å². The number of rotatable bonds is 6. The number of benzene rings is 1. The number of halogens is 1. The van der Waals surface area contributed by atoms with Crippen molar-refractivity contribution >= 4 is 22.6 Å². The summed E-state index contributed by atoms with van der Waals surface area (Å²) in [6.45, 7) is 0.677. The molecule has 1 aromatic rings. The summed E-state index contributed by atoms with van der Waals surface area (Å²) >= 11 is 2.00. The minimum atomic E-state index is -0.932. The molecular weight excluding hydrogens is 321 g/mol. The van der Waals surface area contributed by atoms with Gasteiger partial charge in [0.15, 0.2) is 10.4 Å². The van der Waals surface area contributed by atoms with Crippen molar-refractivity contribution in [2.24, 2.45) is 0 Å². The van der Waals surface area contributed by atoms with E-state index in [0.29, 0.717) is 12.3 Å². The summed E-state index contributed by atoms with van der Waals surface area (Å²) in [6, 6.07) is 7.35. The second-order valence-electron chi connectivity index (χ2n) is 3.37. The Labute approximate surface area is 109 Å². The number of nitrogens with one attached hydrogen (secondary N) is 1. The van der Waals surface area contributed by atoms with Gasteiger partial charge in [0.1, 0.15) is 5.75 Å². The standard InChI is InChI=1S/C11H16INO3/c1-13-7-11(12,14)9-4-3-5-10(6-9)16-8-15-2/h3-6,13-14H,7-8H2,1-2H3. The van der Waals surface area contributed by atoms with E-state index in [-0.39, 0.29) is 6.79 Å². The van der Waals surface area contributed by atoms with Crippen LogP contribution in [0.2, 0.25) is 0 Å². The van der Waals surface area contributed by atoms with Crippen LogP contribution in [0, 0.1) is 0 Å². The second kappa shape index (κ2) is 6.39. The van der Waals surface area contributed by atoms with Crippen LogP contribution in [0.4, 0.5) is 0 Å². The first-order chi connectivity index (χ1) is 7.60. The summed E-state index contributed by atoms with van der Waals surface area (Å²) in [4.78, 5) is 0. The van der Waals surface area contributed by atoms with Crippen molar-refractivity contribution in [1.82, 2.24) is 5.32 Å². The number of aliphatic hydroxyl groups is 1. The van der Waals surface area contributed by atoms with Gasteiger partial charge < -0.3 is 19.9 Å². The number of alkyl halides is 1. The lowest BCUT2D eigenvalue weighted by atomic mass is 10.1. The zero-order valence-electron chi connectivity index (χ0n) is 9.37. The predicted octanol–water partition coefficient (Wildman–Crippen LogP) is 1.47. The van der Waals surface area contributed by atoms with Gasteiger partial charge in [-0.15, -0.1) is 0 Å². The van der Waals surface area contributed by atoms with Crippen molar-refractivity contribution in [3.05, 3.63) is 29.8 Å². The summed E-state index contributed by atoms with van der Waals surface area (Å²) in [5, 5.41) is 13.1. The van der Waals surface area contributed by atoms with E-state index >= 15 is 0 Å². The lowest BCUT2D eigenvalue weighted by Crippen LogP contribution is -2.30. The SMILES string of the molecule is CNCC(O)(I)c1cccc(OCOC)c1. The summed E-state index contributed by atoms with van der Waals surface area (Å²) in [7, 11) is 3.37. The number of methoxy groups -OCH3 is 1. The molecule has 1 unspecified atom stereocenters. The molecular formula is C11H16INO3. The van der Waals surface area contributed by atoms with E-state index < -0.39 is 3.61 Å². The molecule has 0 aromatic heterocycles. The fraction of sp³-hybridized carbons (Fsp3) is 0.455. The van der Waals surface area contributed by atoms with Gasteiger partial charge in [0.25, 0.3) is 0 Å². The minimum Gasteiger partial charge on any atom is -0.468 e. The predicted molar refractivity (Wildman–Crippen MR) is 70.8 cm³/mol. The average Bonchev–Trinajstić information content (AvgIpc) is 2.27. The fourth-order valence-corrected chi connectivity index (χ4v) is 2.00. The van der Waals surface area contributed by atoms with Crippen LogP contribution in [-0.2, 0) is 8.34 Å². The summed E-state index contributed by atoms with van der Waals surface area (Å²) in [6.07, 6.45) is 0. The molecule has 4 nitrogen and oxygen atoms in total. The van der Waals surface area contributed by atoms with Gasteiger partial charge in [-0.3, -0.25) is 0 Å². The summed E-state index contributed by atoms with van der Waals surface area (Å²) in [5.74, 6) is 0.686. The topological polar surface area (TPSA) is 50.7 Å². The van der Waals surface area contributed by atoms with Crippen molar-refractivity contribution in [3.8, 4) is 5.75 Å². The van der Waals surface area contributed by atoms with E-state index in [0.717, 1.165) is 5.56 Å². The van der Waals surface area contributed by atoms with Gasteiger partial charge in [-0.2, -0.15) is 0 Å². The van der Waals surface area contributed by atoms with Gasteiger partial charge in [-0.1, -0.05) is 12.1 Å². The molecule has 2 N–H and O–H groups in total. The van der Waals surface area contributed by atoms with E-state index in [9.17, 15) is 5.11 Å². The maximum atomic E-state index is 10.2. The van der Waals surface area contributed by atoms with Gasteiger partial charge in [0.2, 0.25) is 0 Å². The van der Waals surface area contributed by atoms with Crippen LogP contribution in [0.3, 0.4) is 0 Å². The monoisotopic (exact) mass is 337 g/mol. The molecule has 5 heteroatoms. The van der Waals surface area contributed by atoms with Crippen molar-refractivity contribution in [1.29, 1.82) is 0 Å². The molecule has 0 fully saturated rings. The first kappa shape index (κ1) is 13.7. The van der Waals surface area contributed by atoms with Gasteiger partial charge in [-0.05, 0) is 47.3 Å². The smallest absolute Gasteiger partial charge is 0.188 e. The molecule has 0 saturated carbocycles. The Morgan fingerprint density at radius 1 is 1.50 bits per heavy atom. The van der Waals surface area contributed by atoms with Crippen LogP contribution in [0.1, 0.15) is 5.56 Å². The number of likely N-dealkylation sites (N-methyl/N-ethyl adjacent to an activating group) is 1. The van der Waals surface area contributed by atoms with Crippen molar-refractivity contribution in [2.45, 2.75) is 3.61 Å². The van der Waals surface area contributed by atoms with Crippen LogP contribution in [0.15, 0.2) is 24.3 Å². The molecule has 0 aliphatic rings. The minimum absolute atomic E-state index is 0.204. The van der Waals surface area contributed by atoms with Gasteiger partial charge >= 0.3 is 0 Å². The van der Waals surface area contributed by atoms with E-state index in [1.165, 1.54) is 0 Å². The molecule has 1 aromatic carbocycles. The first-order valence-electron chi connectivity index (χ1n) is 4.88. The Bertz CT molecular complexity index is 331. The molecule has 16 heavy (non-hydrogen) atoms. The van der Waals surface area contributed by atoms with E-state index in [4.69, 9.17) is 9.47 Å². The highest BCUT2D eigenvalue weighted by molar-refractivity contribution is 14.1. The van der Waals surface area contributed by atoms with Crippen LogP contribution in [-0.4, -0.2) is 32.6 Å². The lowest BCUT2D eigenvalue weighted by Gasteiger charge is -2.21. The van der Waals surface area contributed by atoms with E-state index in [2.05, 4.69) is 5.32 Å². The first-order valence-corrected chi connectivity index (χ1v) is 5.96. The van der Waals surface area contributed by atoms with Crippen LogP contribution < -0.4 is 10.1 Å². The highest BCUT2D eigenvalue weighted by Crippen LogP contribution is 2.30. The third-order valence-corrected chi connectivity index (χ3v) is 3.04. The highest BCUT2D eigenvalue weighted by Gasteiger charge is 2.24. The molecule has 0 bridgehead atoms. The van der Waals surface area contributed by atoms with Gasteiger partial charge in [-0.25, -0.2) is 0 Å². The molecule has 0 radical (unpaired) electrons. The molecule has 1 atom stereocenters. The lowest BCUT2D eigenvalue weighted by molar-refractivity contribution is 0.0508. The zero-order valence-corrected chi connectivity index (χ0v) is 11.5. The van der Waals surface area contributed by atoms with Gasteiger partial charge in [0, 0.05) is 13.7 Å². The zero-order chi connectivity index (χ0) is 12.0. The highest BCUT2D eigenvalue weighted by atomic mass is 127. The van der Waals surface area contributed by atoms with Crippen molar-refractivity contribution < 1.29 is 14.6 Å². The summed E-state index contributed by atoms with van der Waals surface area (Å²) in [5.41, 5.74) is 0.802. The summed E-state index contributed by atoms with van der Waals surface area (Å²) < 4.78 is 9.20. The van der Waals surface area contributed by atoms with Gasteiger partial charge in [0.05, 0.1) is 0 Å². The number of hydrogen-bond acceptors (Lipinski definition) is 4. The second-order valence-corrected chi connectivity index (χ2v) is 5.15. The molecule has 90 valence electrons. The Morgan fingerprint density at radius 2 is 2.25 bits per heavy atom. The maximum absolute atomic E-state index is 10.2. The maximum Gasteiger partial charge on any atom is 0.188 e. The Balaban J connectivity index is 2.80. The van der Waals surface area contributed by atoms with Crippen LogP contribution >= 0.6 is 22.6 Å². The average molecular weight is 337 g/mol. The normalized spacial score (nSPS) is 14.5. The molecule has 0 aliphatic carbocycles. The molecule has 0 spiro atoms. The number of hydrogen-bond donors (Lipinski definition) is 2. The quantitative estimate of drug-likeness (QED) is 0.469. The molecule has 0 aliphatic heterocycles. The van der Waals surface area contributed by atoms with Crippen molar-refractivity contribution in [3.63, 3.8) is 0 Å². The Kier molecular flexibility index (Phi) is 5.47. The largest absolute Gasteiger partial charge is 0.468 e. The Hall–Kier alpha value is -0.370. The molecule has 0 saturated heterocycles. The van der Waals surface area contributed by atoms with E-state index in [1.807, 2.05) is 46.9 Å². The molecule has 0 heterocycles. The Morgan fingerprint density at radius 3 is 2.88 bits per heavy atom.